The number of nitrogens with zero attached hydrogens (tertiary/aromatic N) is 1. The van der Waals surface area contributed by atoms with E-state index in [1.165, 1.54) is 0 Å². The first kappa shape index (κ1) is 29.6. The lowest BCUT2D eigenvalue weighted by atomic mass is 9.81. The van der Waals surface area contributed by atoms with Gasteiger partial charge in [0.05, 0.1) is 19.3 Å². The zero-order valence-electron chi connectivity index (χ0n) is 24.1. The molecule has 1 fully saturated rings. The molecule has 2 aliphatic rings. The topological polar surface area (TPSA) is 110 Å². The molecule has 2 atom stereocenters. The first-order valence-electron chi connectivity index (χ1n) is 14.7. The predicted octanol–water partition coefficient (Wildman–Crippen LogP) is 4.77. The molecule has 0 bridgehead atoms. The maximum Gasteiger partial charge on any atom is 0.252 e. The molecule has 222 valence electrons. The van der Waals surface area contributed by atoms with Crippen molar-refractivity contribution in [2.24, 2.45) is 4.99 Å². The number of aliphatic hydroxyl groups excluding tert-OH is 1. The van der Waals surface area contributed by atoms with Crippen LogP contribution in [-0.2, 0) is 16.0 Å². The van der Waals surface area contributed by atoms with Gasteiger partial charge in [0.25, 0.3) is 5.91 Å². The summed E-state index contributed by atoms with van der Waals surface area (Å²) in [5.74, 6) is 1.38. The van der Waals surface area contributed by atoms with E-state index in [1.807, 2.05) is 78.9 Å². The van der Waals surface area contributed by atoms with Crippen molar-refractivity contribution in [3.63, 3.8) is 0 Å². The van der Waals surface area contributed by atoms with Crippen molar-refractivity contribution in [2.75, 3.05) is 26.9 Å². The molecule has 1 saturated carbocycles. The van der Waals surface area contributed by atoms with E-state index in [2.05, 4.69) is 5.32 Å². The normalized spacial score (nSPS) is 21.2. The standard InChI is InChI=1S/C34H40N2O6/c1-40-29-13-8-12-27(22-29)30-34(23-25-10-4-2-5-11-25,32(38)35-24-33(39)18-6-3-7-19-33)36-31(42-30)26-14-16-28(17-15-26)41-21-9-20-37/h2,4-5,8,10-17,22,30,37,39H,3,6-7,9,18-21,23-24H2,1H3,(H,35,38)/t30-,34-/m1/s1. The van der Waals surface area contributed by atoms with E-state index in [4.69, 9.17) is 24.3 Å². The molecule has 5 rings (SSSR count). The lowest BCUT2D eigenvalue weighted by molar-refractivity contribution is -0.130. The molecule has 0 radical (unpaired) electrons. The summed E-state index contributed by atoms with van der Waals surface area (Å²) in [4.78, 5) is 19.5. The van der Waals surface area contributed by atoms with E-state index in [9.17, 15) is 9.90 Å². The van der Waals surface area contributed by atoms with E-state index >= 15 is 0 Å². The van der Waals surface area contributed by atoms with Gasteiger partial charge in [0.1, 0.15) is 11.5 Å². The van der Waals surface area contributed by atoms with Gasteiger partial charge in [-0.15, -0.1) is 0 Å². The van der Waals surface area contributed by atoms with Crippen molar-refractivity contribution >= 4 is 11.8 Å². The van der Waals surface area contributed by atoms with E-state index in [1.54, 1.807) is 7.11 Å². The maximum absolute atomic E-state index is 14.4. The average Bonchev–Trinajstić information content (AvgIpc) is 3.41. The molecule has 0 unspecified atom stereocenters. The van der Waals surface area contributed by atoms with Gasteiger partial charge in [-0.05, 0) is 60.4 Å². The molecule has 3 aromatic rings. The minimum Gasteiger partial charge on any atom is -0.497 e. The lowest BCUT2D eigenvalue weighted by Crippen LogP contribution is -2.54. The summed E-state index contributed by atoms with van der Waals surface area (Å²) in [5.41, 5.74) is 0.152. The largest absolute Gasteiger partial charge is 0.497 e. The van der Waals surface area contributed by atoms with Crippen molar-refractivity contribution in [3.05, 3.63) is 95.6 Å². The number of amides is 1. The molecule has 42 heavy (non-hydrogen) atoms. The van der Waals surface area contributed by atoms with Crippen molar-refractivity contribution in [3.8, 4) is 11.5 Å². The molecule has 0 saturated heterocycles. The Morgan fingerprint density at radius 1 is 1.00 bits per heavy atom. The van der Waals surface area contributed by atoms with Gasteiger partial charge in [0, 0.05) is 31.6 Å². The van der Waals surface area contributed by atoms with Crippen molar-refractivity contribution in [1.29, 1.82) is 0 Å². The summed E-state index contributed by atoms with van der Waals surface area (Å²) in [6.45, 7) is 0.646. The Balaban J connectivity index is 1.53. The van der Waals surface area contributed by atoms with E-state index in [0.717, 1.165) is 30.4 Å². The summed E-state index contributed by atoms with van der Waals surface area (Å²) < 4.78 is 17.8. The Kier molecular flexibility index (Phi) is 9.45. The van der Waals surface area contributed by atoms with Crippen LogP contribution in [0.1, 0.15) is 61.3 Å². The fourth-order valence-corrected chi connectivity index (χ4v) is 5.78. The number of methoxy groups -OCH3 is 1. The SMILES string of the molecule is COc1cccc([C@H]2OC(c3ccc(OCCCO)cc3)=N[C@@]2(Cc2ccccc2)C(=O)NCC2(O)CCCCC2)c1. The molecule has 1 heterocycles. The van der Waals surface area contributed by atoms with Gasteiger partial charge in [0.2, 0.25) is 5.90 Å². The highest BCUT2D eigenvalue weighted by atomic mass is 16.5. The van der Waals surface area contributed by atoms with Gasteiger partial charge in [0.15, 0.2) is 11.6 Å². The molecular formula is C34H40N2O6. The zero-order valence-corrected chi connectivity index (χ0v) is 24.1. The molecule has 8 heteroatoms. The molecule has 0 spiro atoms. The van der Waals surface area contributed by atoms with Crippen LogP contribution >= 0.6 is 0 Å². The average molecular weight is 573 g/mol. The summed E-state index contributed by atoms with van der Waals surface area (Å²) in [5, 5.41) is 23.3. The predicted molar refractivity (Wildman–Crippen MR) is 161 cm³/mol. The number of carbonyl (C=O) groups excluding carboxylic acids is 1. The molecule has 1 aliphatic heterocycles. The van der Waals surface area contributed by atoms with E-state index < -0.39 is 17.2 Å². The minimum atomic E-state index is -1.34. The number of benzene rings is 3. The number of carbonyl (C=O) groups is 1. The third kappa shape index (κ3) is 6.77. The van der Waals surface area contributed by atoms with Crippen LogP contribution in [0.15, 0.2) is 83.9 Å². The van der Waals surface area contributed by atoms with Gasteiger partial charge >= 0.3 is 0 Å². The monoisotopic (exact) mass is 572 g/mol. The third-order valence-electron chi connectivity index (χ3n) is 8.11. The number of ether oxygens (including phenoxy) is 3. The summed E-state index contributed by atoms with van der Waals surface area (Å²) >= 11 is 0. The van der Waals surface area contributed by atoms with Crippen molar-refractivity contribution in [2.45, 2.75) is 62.2 Å². The molecule has 8 nitrogen and oxygen atoms in total. The Morgan fingerprint density at radius 3 is 2.48 bits per heavy atom. The number of hydrogen-bond acceptors (Lipinski definition) is 7. The molecule has 3 aromatic carbocycles. The molecular weight excluding hydrogens is 532 g/mol. The Morgan fingerprint density at radius 2 is 1.76 bits per heavy atom. The van der Waals surface area contributed by atoms with Gasteiger partial charge in [-0.2, -0.15) is 0 Å². The Labute approximate surface area is 247 Å². The van der Waals surface area contributed by atoms with Crippen LogP contribution in [0.4, 0.5) is 0 Å². The van der Waals surface area contributed by atoms with Crippen molar-refractivity contribution in [1.82, 2.24) is 5.32 Å². The zero-order chi connectivity index (χ0) is 29.4. The summed E-state index contributed by atoms with van der Waals surface area (Å²) in [7, 11) is 1.61. The van der Waals surface area contributed by atoms with Crippen LogP contribution in [0.3, 0.4) is 0 Å². The van der Waals surface area contributed by atoms with Gasteiger partial charge in [-0.1, -0.05) is 61.7 Å². The number of aliphatic hydroxyl groups is 2. The third-order valence-corrected chi connectivity index (χ3v) is 8.11. The quantitative estimate of drug-likeness (QED) is 0.270. The van der Waals surface area contributed by atoms with Crippen LogP contribution in [0, 0.1) is 0 Å². The van der Waals surface area contributed by atoms with Crippen LogP contribution < -0.4 is 14.8 Å². The highest BCUT2D eigenvalue weighted by molar-refractivity contribution is 6.01. The van der Waals surface area contributed by atoms with Gasteiger partial charge in [-0.3, -0.25) is 4.79 Å². The molecule has 0 aromatic heterocycles. The highest BCUT2D eigenvalue weighted by Gasteiger charge is 2.53. The molecule has 1 amide bonds. The van der Waals surface area contributed by atoms with Crippen LogP contribution in [0.5, 0.6) is 11.5 Å². The minimum absolute atomic E-state index is 0.0668. The smallest absolute Gasteiger partial charge is 0.252 e. The molecule has 3 N–H and O–H groups in total. The number of hydrogen-bond donors (Lipinski definition) is 3. The molecule has 1 aliphatic carbocycles. The van der Waals surface area contributed by atoms with Crippen LogP contribution in [0.25, 0.3) is 0 Å². The second-order valence-electron chi connectivity index (χ2n) is 11.2. The second kappa shape index (κ2) is 13.4. The first-order valence-corrected chi connectivity index (χ1v) is 14.7. The Hall–Kier alpha value is -3.88. The highest BCUT2D eigenvalue weighted by Crippen LogP contribution is 2.43. The number of rotatable bonds is 12. The lowest BCUT2D eigenvalue weighted by Gasteiger charge is -2.35. The summed E-state index contributed by atoms with van der Waals surface area (Å²) in [6, 6.07) is 24.7. The van der Waals surface area contributed by atoms with Crippen LogP contribution in [0.2, 0.25) is 0 Å². The number of nitrogens with one attached hydrogen (secondary N) is 1. The van der Waals surface area contributed by atoms with E-state index in [-0.39, 0.29) is 19.1 Å². The Bertz CT molecular complexity index is 1350. The first-order chi connectivity index (χ1) is 20.4. The maximum atomic E-state index is 14.4. The summed E-state index contributed by atoms with van der Waals surface area (Å²) in [6.07, 6.45) is 4.41. The van der Waals surface area contributed by atoms with E-state index in [0.29, 0.717) is 55.3 Å². The van der Waals surface area contributed by atoms with Gasteiger partial charge < -0.3 is 29.7 Å². The van der Waals surface area contributed by atoms with Crippen molar-refractivity contribution < 1.29 is 29.2 Å². The van der Waals surface area contributed by atoms with Gasteiger partial charge in [-0.25, -0.2) is 4.99 Å². The number of aliphatic imine (C=N–C) groups is 1. The second-order valence-corrected chi connectivity index (χ2v) is 11.2. The fraction of sp³-hybridized carbons (Fsp3) is 0.412. The fourth-order valence-electron chi connectivity index (χ4n) is 5.78. The van der Waals surface area contributed by atoms with Crippen LogP contribution in [-0.4, -0.2) is 60.0 Å².